The van der Waals surface area contributed by atoms with Crippen LogP contribution in [0, 0.1) is 17.2 Å². The van der Waals surface area contributed by atoms with E-state index >= 15 is 0 Å². The zero-order chi connectivity index (χ0) is 16.4. The molecule has 0 aromatic heterocycles. The van der Waals surface area contributed by atoms with Crippen LogP contribution in [-0.2, 0) is 14.3 Å². The SMILES string of the molecule is CSC1=NC(=O)C(C(=O)N2CCOC3CCCCC32)C=C1C#N. The molecule has 0 N–H and O–H groups in total. The monoisotopic (exact) mass is 333 g/mol. The number of carbonyl (C=O) groups excluding carboxylic acids is 2. The van der Waals surface area contributed by atoms with Crippen LogP contribution in [-0.4, -0.2) is 53.3 Å². The number of nitriles is 1. The second-order valence-electron chi connectivity index (χ2n) is 5.92. The molecular weight excluding hydrogens is 314 g/mol. The van der Waals surface area contributed by atoms with Gasteiger partial charge in [0, 0.05) is 6.54 Å². The number of rotatable bonds is 1. The minimum absolute atomic E-state index is 0.0441. The fraction of sp³-hybridized carbons (Fsp3) is 0.625. The van der Waals surface area contributed by atoms with E-state index in [1.165, 1.54) is 17.8 Å². The Morgan fingerprint density at radius 3 is 3.00 bits per heavy atom. The molecule has 6 nitrogen and oxygen atoms in total. The Kier molecular flexibility index (Phi) is 4.83. The lowest BCUT2D eigenvalue weighted by Gasteiger charge is -2.44. The van der Waals surface area contributed by atoms with Gasteiger partial charge in [-0.1, -0.05) is 12.8 Å². The van der Waals surface area contributed by atoms with Gasteiger partial charge in [-0.2, -0.15) is 5.26 Å². The molecule has 0 radical (unpaired) electrons. The predicted molar refractivity (Wildman–Crippen MR) is 86.9 cm³/mol. The van der Waals surface area contributed by atoms with Crippen molar-refractivity contribution >= 4 is 28.6 Å². The third-order valence-corrected chi connectivity index (χ3v) is 5.33. The number of nitrogens with zero attached hydrogens (tertiary/aromatic N) is 3. The first-order valence-corrected chi connectivity index (χ1v) is 9.09. The average molecular weight is 333 g/mol. The van der Waals surface area contributed by atoms with Crippen LogP contribution in [0.2, 0.25) is 0 Å². The van der Waals surface area contributed by atoms with Gasteiger partial charge in [0.25, 0.3) is 5.91 Å². The van der Waals surface area contributed by atoms with E-state index in [9.17, 15) is 14.9 Å². The molecule has 0 spiro atoms. The highest BCUT2D eigenvalue weighted by molar-refractivity contribution is 8.13. The summed E-state index contributed by atoms with van der Waals surface area (Å²) in [6.45, 7) is 1.00. The first-order chi connectivity index (χ1) is 11.2. The van der Waals surface area contributed by atoms with E-state index in [0.717, 1.165) is 25.7 Å². The Hall–Kier alpha value is -1.65. The number of hydrogen-bond acceptors (Lipinski definition) is 5. The van der Waals surface area contributed by atoms with Gasteiger partial charge >= 0.3 is 0 Å². The molecular formula is C16H19N3O3S. The summed E-state index contributed by atoms with van der Waals surface area (Å²) < 4.78 is 5.78. The Morgan fingerprint density at radius 2 is 2.26 bits per heavy atom. The van der Waals surface area contributed by atoms with Gasteiger partial charge in [-0.05, 0) is 25.2 Å². The van der Waals surface area contributed by atoms with E-state index < -0.39 is 11.8 Å². The Bertz CT molecular complexity index is 621. The molecule has 0 aromatic carbocycles. The molecule has 23 heavy (non-hydrogen) atoms. The lowest BCUT2D eigenvalue weighted by molar-refractivity contribution is -0.154. The van der Waals surface area contributed by atoms with E-state index in [4.69, 9.17) is 4.74 Å². The lowest BCUT2D eigenvalue weighted by Crippen LogP contribution is -2.56. The molecule has 2 heterocycles. The maximum Gasteiger partial charge on any atom is 0.263 e. The molecule has 0 bridgehead atoms. The van der Waals surface area contributed by atoms with Crippen molar-refractivity contribution in [2.75, 3.05) is 19.4 Å². The smallest absolute Gasteiger partial charge is 0.263 e. The highest BCUT2D eigenvalue weighted by Gasteiger charge is 2.41. The second kappa shape index (κ2) is 6.85. The fourth-order valence-corrected chi connectivity index (χ4v) is 4.02. The summed E-state index contributed by atoms with van der Waals surface area (Å²) in [4.78, 5) is 30.8. The first kappa shape index (κ1) is 16.2. The van der Waals surface area contributed by atoms with E-state index in [0.29, 0.717) is 23.8 Å². The minimum atomic E-state index is -0.971. The molecule has 0 aromatic rings. The predicted octanol–water partition coefficient (Wildman–Crippen LogP) is 1.52. The molecule has 2 fully saturated rings. The van der Waals surface area contributed by atoms with Crippen LogP contribution < -0.4 is 0 Å². The summed E-state index contributed by atoms with van der Waals surface area (Å²) >= 11 is 1.24. The molecule has 3 aliphatic rings. The second-order valence-corrected chi connectivity index (χ2v) is 6.72. The maximum absolute atomic E-state index is 12.9. The van der Waals surface area contributed by atoms with Crippen molar-refractivity contribution < 1.29 is 14.3 Å². The summed E-state index contributed by atoms with van der Waals surface area (Å²) in [6.07, 6.45) is 7.36. The third kappa shape index (κ3) is 3.06. The summed E-state index contributed by atoms with van der Waals surface area (Å²) in [5, 5.41) is 9.60. The molecule has 3 rings (SSSR count). The molecule has 2 amide bonds. The van der Waals surface area contributed by atoms with Gasteiger partial charge in [0.1, 0.15) is 17.0 Å². The van der Waals surface area contributed by atoms with Gasteiger partial charge in [-0.3, -0.25) is 9.59 Å². The maximum atomic E-state index is 12.9. The zero-order valence-electron chi connectivity index (χ0n) is 13.0. The molecule has 1 aliphatic carbocycles. The van der Waals surface area contributed by atoms with E-state index in [2.05, 4.69) is 4.99 Å². The molecule has 3 unspecified atom stereocenters. The van der Waals surface area contributed by atoms with Crippen LogP contribution >= 0.6 is 11.8 Å². The van der Waals surface area contributed by atoms with Gasteiger partial charge in [0.2, 0.25) is 5.91 Å². The third-order valence-electron chi connectivity index (χ3n) is 4.64. The Morgan fingerprint density at radius 1 is 1.48 bits per heavy atom. The van der Waals surface area contributed by atoms with Crippen molar-refractivity contribution in [3.63, 3.8) is 0 Å². The van der Waals surface area contributed by atoms with Gasteiger partial charge in [0.15, 0.2) is 0 Å². The highest BCUT2D eigenvalue weighted by Crippen LogP contribution is 2.30. The number of dihydropyridines is 1. The quantitative estimate of drug-likeness (QED) is 0.680. The molecule has 3 atom stereocenters. The lowest BCUT2D eigenvalue weighted by atomic mass is 9.89. The van der Waals surface area contributed by atoms with E-state index in [1.807, 2.05) is 6.07 Å². The summed E-state index contributed by atoms with van der Waals surface area (Å²) in [6, 6.07) is 2.08. The number of carbonyl (C=O) groups is 2. The van der Waals surface area contributed by atoms with Gasteiger partial charge < -0.3 is 9.64 Å². The normalized spacial score (nSPS) is 30.9. The van der Waals surface area contributed by atoms with Crippen LogP contribution in [0.4, 0.5) is 0 Å². The number of morpholine rings is 1. The van der Waals surface area contributed by atoms with Crippen molar-refractivity contribution in [3.8, 4) is 6.07 Å². The van der Waals surface area contributed by atoms with E-state index in [-0.39, 0.29) is 18.1 Å². The van der Waals surface area contributed by atoms with E-state index in [1.54, 1.807) is 11.2 Å². The number of amides is 2. The van der Waals surface area contributed by atoms with Gasteiger partial charge in [0.05, 0.1) is 24.3 Å². The minimum Gasteiger partial charge on any atom is -0.374 e. The largest absolute Gasteiger partial charge is 0.374 e. The topological polar surface area (TPSA) is 82.8 Å². The molecule has 2 aliphatic heterocycles. The van der Waals surface area contributed by atoms with Crippen LogP contribution in [0.25, 0.3) is 0 Å². The molecule has 1 saturated carbocycles. The van der Waals surface area contributed by atoms with Crippen LogP contribution in [0.5, 0.6) is 0 Å². The van der Waals surface area contributed by atoms with Crippen molar-refractivity contribution in [1.29, 1.82) is 5.26 Å². The Balaban J connectivity index is 1.82. The van der Waals surface area contributed by atoms with Crippen molar-refractivity contribution in [1.82, 2.24) is 4.90 Å². The van der Waals surface area contributed by atoms with Crippen LogP contribution in [0.1, 0.15) is 25.7 Å². The van der Waals surface area contributed by atoms with Crippen LogP contribution in [0.15, 0.2) is 16.6 Å². The Labute approximate surface area is 139 Å². The van der Waals surface area contributed by atoms with Crippen molar-refractivity contribution in [2.45, 2.75) is 37.8 Å². The number of thioether (sulfide) groups is 1. The first-order valence-electron chi connectivity index (χ1n) is 7.86. The highest BCUT2D eigenvalue weighted by atomic mass is 32.2. The number of hydrogen-bond donors (Lipinski definition) is 0. The summed E-state index contributed by atoms with van der Waals surface area (Å²) in [5.74, 6) is -1.69. The summed E-state index contributed by atoms with van der Waals surface area (Å²) in [5.41, 5.74) is 0.309. The van der Waals surface area contributed by atoms with Crippen molar-refractivity contribution in [2.24, 2.45) is 10.9 Å². The number of fused-ring (bicyclic) bond motifs is 1. The standard InChI is InChI=1S/C16H19N3O3S/c1-23-15-10(9-17)8-11(14(20)18-15)16(21)19-6-7-22-13-5-3-2-4-12(13)19/h8,11-13H,2-7H2,1H3. The van der Waals surface area contributed by atoms with Crippen molar-refractivity contribution in [3.05, 3.63) is 11.6 Å². The summed E-state index contributed by atoms with van der Waals surface area (Å²) in [7, 11) is 0. The molecule has 7 heteroatoms. The molecule has 1 saturated heterocycles. The number of ether oxygens (including phenoxy) is 1. The van der Waals surface area contributed by atoms with Gasteiger partial charge in [-0.25, -0.2) is 4.99 Å². The van der Waals surface area contributed by atoms with Crippen LogP contribution in [0.3, 0.4) is 0 Å². The van der Waals surface area contributed by atoms with Gasteiger partial charge in [-0.15, -0.1) is 11.8 Å². The molecule has 122 valence electrons. The average Bonchev–Trinajstić information content (AvgIpc) is 2.60. The number of aliphatic imine (C=N–C) groups is 1. The zero-order valence-corrected chi connectivity index (χ0v) is 13.8. The fourth-order valence-electron chi connectivity index (χ4n) is 3.51.